The van der Waals surface area contributed by atoms with Crippen molar-refractivity contribution < 1.29 is 14.3 Å². The maximum absolute atomic E-state index is 13.3. The molecule has 1 heterocycles. The molecule has 1 atom stereocenters. The van der Waals surface area contributed by atoms with Gasteiger partial charge in [-0.2, -0.15) is 0 Å². The van der Waals surface area contributed by atoms with Gasteiger partial charge < -0.3 is 19.7 Å². The predicted molar refractivity (Wildman–Crippen MR) is 108 cm³/mol. The van der Waals surface area contributed by atoms with Gasteiger partial charge in [0.1, 0.15) is 11.5 Å². The monoisotopic (exact) mass is 384 g/mol. The lowest BCUT2D eigenvalue weighted by atomic mass is 9.54. The van der Waals surface area contributed by atoms with Crippen LogP contribution in [-0.2, 0) is 0 Å². The van der Waals surface area contributed by atoms with Crippen LogP contribution in [0.25, 0.3) is 0 Å². The van der Waals surface area contributed by atoms with E-state index < -0.39 is 0 Å². The van der Waals surface area contributed by atoms with Gasteiger partial charge in [-0.1, -0.05) is 0 Å². The minimum atomic E-state index is 0.0812. The van der Waals surface area contributed by atoms with E-state index in [-0.39, 0.29) is 12.1 Å². The predicted octanol–water partition coefficient (Wildman–Crippen LogP) is 4.38. The number of nitrogens with one attached hydrogen (secondary N) is 1. The largest absolute Gasteiger partial charge is 0.497 e. The van der Waals surface area contributed by atoms with Crippen LogP contribution < -0.4 is 14.8 Å². The van der Waals surface area contributed by atoms with Crippen LogP contribution in [0.2, 0.25) is 0 Å². The van der Waals surface area contributed by atoms with Crippen LogP contribution in [0.5, 0.6) is 11.5 Å². The van der Waals surface area contributed by atoms with Gasteiger partial charge in [-0.3, -0.25) is 0 Å². The molecule has 1 aliphatic heterocycles. The number of urea groups is 1. The van der Waals surface area contributed by atoms with Crippen molar-refractivity contribution in [1.29, 1.82) is 0 Å². The molecule has 1 aromatic carbocycles. The molecule has 1 saturated heterocycles. The SMILES string of the molecule is COc1ccc(C2CCCN2C(=O)NC2C3CC4CC(C3)CC2C4)c(OC)c1. The Morgan fingerprint density at radius 1 is 1.04 bits per heavy atom. The summed E-state index contributed by atoms with van der Waals surface area (Å²) in [5.41, 5.74) is 1.08. The summed E-state index contributed by atoms with van der Waals surface area (Å²) in [4.78, 5) is 15.3. The molecule has 28 heavy (non-hydrogen) atoms. The van der Waals surface area contributed by atoms with Crippen LogP contribution in [0.3, 0.4) is 0 Å². The number of hydrogen-bond donors (Lipinski definition) is 1. The molecular formula is C23H32N2O3. The molecule has 2 amide bonds. The topological polar surface area (TPSA) is 50.8 Å². The van der Waals surface area contributed by atoms with Crippen molar-refractivity contribution in [2.24, 2.45) is 23.7 Å². The van der Waals surface area contributed by atoms with Gasteiger partial charge in [-0.05, 0) is 80.8 Å². The van der Waals surface area contributed by atoms with E-state index in [9.17, 15) is 4.79 Å². The third-order valence-electron chi connectivity index (χ3n) is 7.83. The summed E-state index contributed by atoms with van der Waals surface area (Å²) in [6, 6.07) is 6.53. The fraction of sp³-hybridized carbons (Fsp3) is 0.696. The maximum Gasteiger partial charge on any atom is 0.318 e. The molecule has 5 fully saturated rings. The van der Waals surface area contributed by atoms with Gasteiger partial charge in [0.05, 0.1) is 20.3 Å². The Morgan fingerprint density at radius 2 is 1.75 bits per heavy atom. The molecule has 152 valence electrons. The lowest BCUT2D eigenvalue weighted by Gasteiger charge is -2.54. The van der Waals surface area contributed by atoms with Gasteiger partial charge in [-0.25, -0.2) is 4.79 Å². The number of hydrogen-bond acceptors (Lipinski definition) is 3. The summed E-state index contributed by atoms with van der Waals surface area (Å²) in [7, 11) is 3.35. The summed E-state index contributed by atoms with van der Waals surface area (Å²) in [5.74, 6) is 4.85. The quantitative estimate of drug-likeness (QED) is 0.838. The van der Waals surface area contributed by atoms with Crippen molar-refractivity contribution in [3.63, 3.8) is 0 Å². The first kappa shape index (κ1) is 18.1. The number of nitrogens with zero attached hydrogens (tertiary/aromatic N) is 1. The van der Waals surface area contributed by atoms with Gasteiger partial charge in [0.25, 0.3) is 0 Å². The van der Waals surface area contributed by atoms with Gasteiger partial charge in [0.15, 0.2) is 0 Å². The average molecular weight is 385 g/mol. The van der Waals surface area contributed by atoms with E-state index in [0.717, 1.165) is 48.3 Å². The zero-order valence-electron chi connectivity index (χ0n) is 17.0. The molecule has 6 rings (SSSR count). The highest BCUT2D eigenvalue weighted by Gasteiger charge is 2.49. The van der Waals surface area contributed by atoms with Crippen molar-refractivity contribution in [3.8, 4) is 11.5 Å². The normalized spacial score (nSPS) is 35.9. The Labute approximate surface area is 167 Å². The van der Waals surface area contributed by atoms with Crippen molar-refractivity contribution in [2.75, 3.05) is 20.8 Å². The molecule has 4 saturated carbocycles. The highest BCUT2D eigenvalue weighted by atomic mass is 16.5. The average Bonchev–Trinajstić information content (AvgIpc) is 3.19. The first-order chi connectivity index (χ1) is 13.7. The molecule has 1 N–H and O–H groups in total. The first-order valence-electron chi connectivity index (χ1n) is 10.9. The summed E-state index contributed by atoms with van der Waals surface area (Å²) in [6.07, 6.45) is 8.77. The maximum atomic E-state index is 13.3. The van der Waals surface area contributed by atoms with Crippen LogP contribution >= 0.6 is 0 Å². The lowest BCUT2D eigenvalue weighted by Crippen LogP contribution is -2.57. The fourth-order valence-corrected chi connectivity index (χ4v) is 6.81. The van der Waals surface area contributed by atoms with Crippen LogP contribution in [0, 0.1) is 23.7 Å². The number of likely N-dealkylation sites (tertiary alicyclic amines) is 1. The van der Waals surface area contributed by atoms with E-state index in [4.69, 9.17) is 9.47 Å². The minimum Gasteiger partial charge on any atom is -0.497 e. The molecule has 4 bridgehead atoms. The molecule has 1 aromatic rings. The van der Waals surface area contributed by atoms with Crippen molar-refractivity contribution in [3.05, 3.63) is 23.8 Å². The van der Waals surface area contributed by atoms with Gasteiger partial charge >= 0.3 is 6.03 Å². The Morgan fingerprint density at radius 3 is 2.39 bits per heavy atom. The lowest BCUT2D eigenvalue weighted by molar-refractivity contribution is -0.0112. The van der Waals surface area contributed by atoms with Gasteiger partial charge in [-0.15, -0.1) is 0 Å². The Bertz CT molecular complexity index is 721. The molecule has 0 aromatic heterocycles. The highest BCUT2D eigenvalue weighted by Crippen LogP contribution is 2.53. The summed E-state index contributed by atoms with van der Waals surface area (Å²) in [5, 5.41) is 3.49. The van der Waals surface area contributed by atoms with Crippen molar-refractivity contribution in [1.82, 2.24) is 10.2 Å². The number of rotatable bonds is 4. The van der Waals surface area contributed by atoms with Crippen molar-refractivity contribution >= 4 is 6.03 Å². The molecule has 5 aliphatic rings. The summed E-state index contributed by atoms with van der Waals surface area (Å²) >= 11 is 0. The number of methoxy groups -OCH3 is 2. The summed E-state index contributed by atoms with van der Waals surface area (Å²) < 4.78 is 10.9. The molecule has 4 aliphatic carbocycles. The minimum absolute atomic E-state index is 0.0812. The van der Waals surface area contributed by atoms with Crippen LogP contribution in [0.4, 0.5) is 4.79 Å². The second-order valence-corrected chi connectivity index (χ2v) is 9.37. The third kappa shape index (κ3) is 3.03. The van der Waals surface area contributed by atoms with Crippen LogP contribution in [0.15, 0.2) is 18.2 Å². The van der Waals surface area contributed by atoms with Crippen LogP contribution in [-0.4, -0.2) is 37.7 Å². The molecule has 5 heteroatoms. The number of ether oxygens (including phenoxy) is 2. The molecule has 5 nitrogen and oxygen atoms in total. The number of amides is 2. The van der Waals surface area contributed by atoms with Gasteiger partial charge in [0, 0.05) is 24.2 Å². The first-order valence-corrected chi connectivity index (χ1v) is 10.9. The smallest absolute Gasteiger partial charge is 0.318 e. The summed E-state index contributed by atoms with van der Waals surface area (Å²) in [6.45, 7) is 0.818. The Kier molecular flexibility index (Phi) is 4.64. The zero-order chi connectivity index (χ0) is 19.3. The Hall–Kier alpha value is -1.91. The molecule has 0 radical (unpaired) electrons. The number of carbonyl (C=O) groups is 1. The number of benzene rings is 1. The molecule has 0 spiro atoms. The fourth-order valence-electron chi connectivity index (χ4n) is 6.81. The van der Waals surface area contributed by atoms with E-state index >= 15 is 0 Å². The van der Waals surface area contributed by atoms with Gasteiger partial charge in [0.2, 0.25) is 0 Å². The van der Waals surface area contributed by atoms with E-state index in [1.807, 2.05) is 17.0 Å². The second kappa shape index (κ2) is 7.16. The highest BCUT2D eigenvalue weighted by molar-refractivity contribution is 5.76. The van der Waals surface area contributed by atoms with Crippen molar-refractivity contribution in [2.45, 2.75) is 57.0 Å². The second-order valence-electron chi connectivity index (χ2n) is 9.37. The van der Waals surface area contributed by atoms with E-state index in [1.54, 1.807) is 14.2 Å². The van der Waals surface area contributed by atoms with E-state index in [2.05, 4.69) is 11.4 Å². The Balaban J connectivity index is 1.32. The van der Waals surface area contributed by atoms with E-state index in [0.29, 0.717) is 17.9 Å². The van der Waals surface area contributed by atoms with Crippen LogP contribution in [0.1, 0.15) is 56.6 Å². The standard InChI is InChI=1S/C23H32N2O3/c1-27-18-5-6-19(21(13-18)28-2)20-4-3-7-25(20)23(26)24-22-16-9-14-8-15(11-16)12-17(22)10-14/h5-6,13-17,20,22H,3-4,7-12H2,1-2H3,(H,24,26). The zero-order valence-corrected chi connectivity index (χ0v) is 17.0. The number of carbonyl (C=O) groups excluding carboxylic acids is 1. The third-order valence-corrected chi connectivity index (χ3v) is 7.83. The molecular weight excluding hydrogens is 352 g/mol. The van der Waals surface area contributed by atoms with E-state index in [1.165, 1.54) is 32.1 Å². The molecule has 1 unspecified atom stereocenters.